The van der Waals surface area contributed by atoms with Gasteiger partial charge in [-0.2, -0.15) is 0 Å². The highest BCUT2D eigenvalue weighted by Gasteiger charge is 2.35. The first-order chi connectivity index (χ1) is 24.5. The highest BCUT2D eigenvalue weighted by molar-refractivity contribution is 5.98. The maximum atomic E-state index is 13.7. The van der Waals surface area contributed by atoms with Gasteiger partial charge in [0, 0.05) is 66.8 Å². The van der Waals surface area contributed by atoms with Crippen LogP contribution in [0.5, 0.6) is 5.75 Å². The summed E-state index contributed by atoms with van der Waals surface area (Å²) in [5.41, 5.74) is 3.69. The minimum Gasteiger partial charge on any atom is -0.494 e. The van der Waals surface area contributed by atoms with Crippen LogP contribution >= 0.6 is 0 Å². The Balaban J connectivity index is 1.23. The fraction of sp³-hybridized carbons (Fsp3) is 0.439. The average molecular weight is 692 g/mol. The number of carboxylic acid groups (broad SMARTS) is 1. The maximum absolute atomic E-state index is 13.7. The molecule has 0 aliphatic carbocycles. The molecule has 2 aromatic carbocycles. The lowest BCUT2D eigenvalue weighted by Crippen LogP contribution is -2.37. The molecule has 10 nitrogen and oxygen atoms in total. The van der Waals surface area contributed by atoms with Crippen LogP contribution in [-0.4, -0.2) is 67.3 Å². The van der Waals surface area contributed by atoms with Gasteiger partial charge in [-0.25, -0.2) is 19.9 Å². The molecule has 0 spiro atoms. The fourth-order valence-electron chi connectivity index (χ4n) is 6.21. The summed E-state index contributed by atoms with van der Waals surface area (Å²) in [5, 5.41) is 9.49. The van der Waals surface area contributed by atoms with Crippen molar-refractivity contribution in [1.29, 1.82) is 0 Å². The first-order valence-electron chi connectivity index (χ1n) is 18.0. The van der Waals surface area contributed by atoms with Gasteiger partial charge in [0.2, 0.25) is 5.91 Å². The van der Waals surface area contributed by atoms with Crippen molar-refractivity contribution >= 4 is 17.7 Å². The zero-order valence-corrected chi connectivity index (χ0v) is 30.2. The second-order valence-corrected chi connectivity index (χ2v) is 14.5. The van der Waals surface area contributed by atoms with Crippen LogP contribution in [0.25, 0.3) is 22.5 Å². The number of unbranched alkanes of at least 4 members (excludes halogenated alkanes) is 4. The Morgan fingerprint density at radius 2 is 1.49 bits per heavy atom. The van der Waals surface area contributed by atoms with Gasteiger partial charge in [0.25, 0.3) is 0 Å². The van der Waals surface area contributed by atoms with E-state index in [1.807, 2.05) is 69.3 Å². The number of Topliss-reactive ketones (excluding diaryl/α,β-unsaturated/α-hetero) is 1. The van der Waals surface area contributed by atoms with Crippen LogP contribution in [0.4, 0.5) is 0 Å². The zero-order chi connectivity index (χ0) is 36.4. The molecule has 3 heterocycles. The largest absolute Gasteiger partial charge is 0.494 e. The summed E-state index contributed by atoms with van der Waals surface area (Å²) in [6.45, 7) is 9.43. The first kappa shape index (κ1) is 37.3. The van der Waals surface area contributed by atoms with Crippen LogP contribution in [0.3, 0.4) is 0 Å². The number of amides is 1. The molecule has 51 heavy (non-hydrogen) atoms. The normalized spacial score (nSPS) is 15.1. The van der Waals surface area contributed by atoms with Crippen LogP contribution < -0.4 is 4.74 Å². The second-order valence-electron chi connectivity index (χ2n) is 14.5. The smallest absolute Gasteiger partial charge is 0.308 e. The highest BCUT2D eigenvalue weighted by Crippen LogP contribution is 2.27. The summed E-state index contributed by atoms with van der Waals surface area (Å²) in [7, 11) is 0. The lowest BCUT2D eigenvalue weighted by Gasteiger charge is -2.23. The van der Waals surface area contributed by atoms with E-state index in [1.54, 1.807) is 17.3 Å². The molecule has 268 valence electrons. The molecule has 1 aliphatic rings. The number of hydrogen-bond acceptors (Lipinski definition) is 8. The van der Waals surface area contributed by atoms with Crippen LogP contribution in [0, 0.1) is 11.8 Å². The van der Waals surface area contributed by atoms with E-state index in [0.717, 1.165) is 41.0 Å². The Hall–Kier alpha value is -4.99. The zero-order valence-electron chi connectivity index (χ0n) is 30.2. The van der Waals surface area contributed by atoms with Crippen LogP contribution in [0.1, 0.15) is 94.4 Å². The van der Waals surface area contributed by atoms with Crippen LogP contribution in [0.15, 0.2) is 73.3 Å². The Morgan fingerprint density at radius 1 is 0.843 bits per heavy atom. The van der Waals surface area contributed by atoms with Gasteiger partial charge in [-0.3, -0.25) is 14.4 Å². The van der Waals surface area contributed by atoms with E-state index >= 15 is 0 Å². The molecule has 5 rings (SSSR count). The number of carbonyl (C=O) groups is 3. The van der Waals surface area contributed by atoms with E-state index in [1.165, 1.54) is 38.1 Å². The standard InChI is InChI=1S/C41H49N5O5/c1-5-6-7-8-9-20-51-35-16-14-29(15-17-35)33-23-42-37(43-24-33)30-12-10-28(11-13-30)21-32(38(48)46-19-18-31(27-46)39(49)50)22-36(47)34-25-44-40(45-26-34)41(2,3)4/h10-17,23-26,31-32H,5-9,18-22,27H2,1-4H3,(H,49,50)/t31-,32+/m0/s1. The highest BCUT2D eigenvalue weighted by atomic mass is 16.5. The molecule has 2 atom stereocenters. The fourth-order valence-corrected chi connectivity index (χ4v) is 6.21. The van der Waals surface area contributed by atoms with E-state index in [4.69, 9.17) is 4.74 Å². The van der Waals surface area contributed by atoms with Gasteiger partial charge in [-0.15, -0.1) is 0 Å². The maximum Gasteiger partial charge on any atom is 0.308 e. The molecule has 1 aliphatic heterocycles. The summed E-state index contributed by atoms with van der Waals surface area (Å²) < 4.78 is 5.90. The van der Waals surface area contributed by atoms with Crippen LogP contribution in [0.2, 0.25) is 0 Å². The summed E-state index contributed by atoms with van der Waals surface area (Å²) in [5.74, 6) is -0.567. The number of aromatic nitrogens is 4. The molecular formula is C41H49N5O5. The number of likely N-dealkylation sites (tertiary alicyclic amines) is 1. The minimum atomic E-state index is -0.911. The predicted molar refractivity (Wildman–Crippen MR) is 196 cm³/mol. The van der Waals surface area contributed by atoms with Crippen molar-refractivity contribution in [3.8, 4) is 28.3 Å². The molecule has 1 N–H and O–H groups in total. The third kappa shape index (κ3) is 10.3. The Morgan fingerprint density at radius 3 is 2.10 bits per heavy atom. The Bertz CT molecular complexity index is 1750. The van der Waals surface area contributed by atoms with Crippen molar-refractivity contribution in [3.63, 3.8) is 0 Å². The summed E-state index contributed by atoms with van der Waals surface area (Å²) in [6, 6.07) is 15.7. The first-order valence-corrected chi connectivity index (χ1v) is 18.0. The van der Waals surface area contributed by atoms with E-state index < -0.39 is 17.8 Å². The van der Waals surface area contributed by atoms with Gasteiger partial charge in [0.1, 0.15) is 11.6 Å². The number of ketones is 1. The van der Waals surface area contributed by atoms with Gasteiger partial charge in [-0.05, 0) is 42.5 Å². The predicted octanol–water partition coefficient (Wildman–Crippen LogP) is 7.61. The summed E-state index contributed by atoms with van der Waals surface area (Å²) in [4.78, 5) is 58.3. The Labute approximate surface area is 300 Å². The van der Waals surface area contributed by atoms with Crippen molar-refractivity contribution in [3.05, 3.63) is 90.3 Å². The second kappa shape index (κ2) is 17.3. The van der Waals surface area contributed by atoms with Gasteiger partial charge >= 0.3 is 5.97 Å². The molecule has 1 fully saturated rings. The van der Waals surface area contributed by atoms with Gasteiger partial charge in [0.05, 0.1) is 18.1 Å². The van der Waals surface area contributed by atoms with Crippen molar-refractivity contribution in [1.82, 2.24) is 24.8 Å². The van der Waals surface area contributed by atoms with E-state index in [9.17, 15) is 19.5 Å². The van der Waals surface area contributed by atoms with Gasteiger partial charge in [0.15, 0.2) is 11.6 Å². The lowest BCUT2D eigenvalue weighted by atomic mass is 9.91. The molecular weight excluding hydrogens is 642 g/mol. The number of rotatable bonds is 16. The minimum absolute atomic E-state index is 0.0379. The third-order valence-corrected chi connectivity index (χ3v) is 9.33. The molecule has 0 radical (unpaired) electrons. The number of benzene rings is 2. The number of carboxylic acids is 1. The molecule has 1 saturated heterocycles. The van der Waals surface area contributed by atoms with Crippen molar-refractivity contribution in [2.75, 3.05) is 19.7 Å². The SMILES string of the molecule is CCCCCCCOc1ccc(-c2cnc(-c3ccc(C[C@H](CC(=O)c4cnc(C(C)(C)C)nc4)C(=O)N4CC[C@H](C(=O)O)C4)cc3)nc2)cc1. The third-order valence-electron chi connectivity index (χ3n) is 9.33. The molecule has 1 amide bonds. The average Bonchev–Trinajstić information content (AvgIpc) is 3.64. The summed E-state index contributed by atoms with van der Waals surface area (Å²) >= 11 is 0. The van der Waals surface area contributed by atoms with Crippen LogP contribution in [-0.2, 0) is 21.4 Å². The molecule has 0 unspecified atom stereocenters. The topological polar surface area (TPSA) is 135 Å². The molecule has 0 saturated carbocycles. The quantitative estimate of drug-likeness (QED) is 0.0930. The lowest BCUT2D eigenvalue weighted by molar-refractivity contribution is -0.141. The summed E-state index contributed by atoms with van der Waals surface area (Å²) in [6.07, 6.45) is 13.3. The number of carbonyl (C=O) groups excluding carboxylic acids is 2. The number of aliphatic carboxylic acids is 1. The monoisotopic (exact) mass is 691 g/mol. The van der Waals surface area contributed by atoms with Gasteiger partial charge < -0.3 is 14.7 Å². The van der Waals surface area contributed by atoms with Crippen molar-refractivity contribution in [2.24, 2.45) is 11.8 Å². The van der Waals surface area contributed by atoms with E-state index in [-0.39, 0.29) is 30.1 Å². The Kier molecular flexibility index (Phi) is 12.6. The molecule has 10 heteroatoms. The number of ether oxygens (including phenoxy) is 1. The van der Waals surface area contributed by atoms with Gasteiger partial charge in [-0.1, -0.05) is 89.8 Å². The van der Waals surface area contributed by atoms with E-state index in [0.29, 0.717) is 36.6 Å². The molecule has 2 aromatic heterocycles. The van der Waals surface area contributed by atoms with E-state index in [2.05, 4.69) is 26.9 Å². The number of nitrogens with zero attached hydrogens (tertiary/aromatic N) is 5. The molecule has 0 bridgehead atoms. The number of hydrogen-bond donors (Lipinski definition) is 1. The van der Waals surface area contributed by atoms with Crippen molar-refractivity contribution < 1.29 is 24.2 Å². The molecule has 4 aromatic rings. The van der Waals surface area contributed by atoms with Crippen molar-refractivity contribution in [2.45, 2.75) is 84.5 Å².